The van der Waals surface area contributed by atoms with Crippen LogP contribution in [-0.2, 0) is 13.0 Å². The average Bonchev–Trinajstić information content (AvgIpc) is 2.27. The fourth-order valence-electron chi connectivity index (χ4n) is 2.18. The molecule has 16 heavy (non-hydrogen) atoms. The zero-order chi connectivity index (χ0) is 11.4. The third-order valence-electron chi connectivity index (χ3n) is 3.40. The molecular formula is C14H21NO. The fourth-order valence-corrected chi connectivity index (χ4v) is 2.18. The number of rotatable bonds is 5. The van der Waals surface area contributed by atoms with Crippen molar-refractivity contribution in [2.75, 3.05) is 6.54 Å². The molecule has 0 saturated heterocycles. The number of aliphatic hydroxyl groups is 1. The van der Waals surface area contributed by atoms with Gasteiger partial charge in [-0.3, -0.25) is 0 Å². The molecule has 2 heteroatoms. The van der Waals surface area contributed by atoms with E-state index in [9.17, 15) is 0 Å². The second kappa shape index (κ2) is 5.46. The number of nitrogens with one attached hydrogen (secondary N) is 1. The Bertz CT molecular complexity index is 314. The Kier molecular flexibility index (Phi) is 3.97. The monoisotopic (exact) mass is 219 g/mol. The van der Waals surface area contributed by atoms with E-state index in [1.54, 1.807) is 0 Å². The number of aryl methyl sites for hydroxylation is 1. The first-order chi connectivity index (χ1) is 7.78. The van der Waals surface area contributed by atoms with E-state index in [0.29, 0.717) is 5.92 Å². The molecule has 1 fully saturated rings. The van der Waals surface area contributed by atoms with Crippen molar-refractivity contribution >= 4 is 0 Å². The predicted molar refractivity (Wildman–Crippen MR) is 66.3 cm³/mol. The summed E-state index contributed by atoms with van der Waals surface area (Å²) in [6.07, 6.45) is 3.02. The molecule has 0 amide bonds. The molecule has 1 aliphatic carbocycles. The van der Waals surface area contributed by atoms with E-state index in [2.05, 4.69) is 36.5 Å². The maximum atomic E-state index is 9.16. The number of hydrogen-bond acceptors (Lipinski definition) is 2. The van der Waals surface area contributed by atoms with Gasteiger partial charge in [-0.25, -0.2) is 0 Å². The zero-order valence-electron chi connectivity index (χ0n) is 9.95. The largest absolute Gasteiger partial charge is 0.393 e. The highest BCUT2D eigenvalue weighted by Crippen LogP contribution is 2.26. The molecule has 2 nitrogen and oxygen atoms in total. The highest BCUT2D eigenvalue weighted by atomic mass is 16.3. The summed E-state index contributed by atoms with van der Waals surface area (Å²) >= 11 is 0. The molecule has 1 aliphatic rings. The van der Waals surface area contributed by atoms with Crippen molar-refractivity contribution in [2.24, 2.45) is 5.92 Å². The van der Waals surface area contributed by atoms with Crippen LogP contribution in [0.25, 0.3) is 0 Å². The summed E-state index contributed by atoms with van der Waals surface area (Å²) < 4.78 is 0. The normalized spacial score (nSPS) is 24.1. The van der Waals surface area contributed by atoms with Gasteiger partial charge in [0.05, 0.1) is 6.10 Å². The van der Waals surface area contributed by atoms with Crippen LogP contribution in [0.5, 0.6) is 0 Å². The van der Waals surface area contributed by atoms with Crippen LogP contribution in [0, 0.1) is 5.92 Å². The maximum Gasteiger partial charge on any atom is 0.0546 e. The Morgan fingerprint density at radius 3 is 2.38 bits per heavy atom. The van der Waals surface area contributed by atoms with Gasteiger partial charge in [0, 0.05) is 6.54 Å². The van der Waals surface area contributed by atoms with Crippen molar-refractivity contribution in [3.8, 4) is 0 Å². The lowest BCUT2D eigenvalue weighted by Crippen LogP contribution is -2.35. The van der Waals surface area contributed by atoms with Crippen LogP contribution >= 0.6 is 0 Å². The van der Waals surface area contributed by atoms with Crippen molar-refractivity contribution < 1.29 is 5.11 Å². The molecule has 0 atom stereocenters. The average molecular weight is 219 g/mol. The van der Waals surface area contributed by atoms with Gasteiger partial charge in [-0.1, -0.05) is 31.2 Å². The summed E-state index contributed by atoms with van der Waals surface area (Å²) in [4.78, 5) is 0. The summed E-state index contributed by atoms with van der Waals surface area (Å²) in [5.74, 6) is 0.685. The number of hydrogen-bond donors (Lipinski definition) is 2. The third-order valence-corrected chi connectivity index (χ3v) is 3.40. The first-order valence-electron chi connectivity index (χ1n) is 6.24. The van der Waals surface area contributed by atoms with Crippen molar-refractivity contribution in [3.05, 3.63) is 35.4 Å². The molecule has 0 bridgehead atoms. The summed E-state index contributed by atoms with van der Waals surface area (Å²) in [5, 5.41) is 12.6. The minimum absolute atomic E-state index is 0.0318. The summed E-state index contributed by atoms with van der Waals surface area (Å²) in [6, 6.07) is 8.79. The number of benzene rings is 1. The molecular weight excluding hydrogens is 198 g/mol. The van der Waals surface area contributed by atoms with Crippen LogP contribution in [0.2, 0.25) is 0 Å². The smallest absolute Gasteiger partial charge is 0.0546 e. The van der Waals surface area contributed by atoms with E-state index in [0.717, 1.165) is 32.4 Å². The van der Waals surface area contributed by atoms with E-state index in [1.807, 2.05) is 0 Å². The van der Waals surface area contributed by atoms with E-state index in [1.165, 1.54) is 11.1 Å². The molecule has 0 radical (unpaired) electrons. The molecule has 2 rings (SSSR count). The first kappa shape index (κ1) is 11.6. The molecule has 2 N–H and O–H groups in total. The molecule has 0 unspecified atom stereocenters. The predicted octanol–water partition coefficient (Wildman–Crippen LogP) is 2.11. The highest BCUT2D eigenvalue weighted by Gasteiger charge is 2.26. The van der Waals surface area contributed by atoms with Crippen LogP contribution < -0.4 is 5.32 Å². The van der Waals surface area contributed by atoms with Gasteiger partial charge in [0.1, 0.15) is 0 Å². The Balaban J connectivity index is 1.68. The lowest BCUT2D eigenvalue weighted by Gasteiger charge is -2.31. The van der Waals surface area contributed by atoms with Gasteiger partial charge in [-0.2, -0.15) is 0 Å². The van der Waals surface area contributed by atoms with Gasteiger partial charge in [0.15, 0.2) is 0 Å². The molecule has 0 heterocycles. The SMILES string of the molecule is CCc1ccc(CNCC2CC(O)C2)cc1. The minimum Gasteiger partial charge on any atom is -0.393 e. The molecule has 88 valence electrons. The van der Waals surface area contributed by atoms with Gasteiger partial charge < -0.3 is 10.4 Å². The van der Waals surface area contributed by atoms with Crippen LogP contribution in [0.3, 0.4) is 0 Å². The van der Waals surface area contributed by atoms with Crippen LogP contribution in [0.1, 0.15) is 30.9 Å². The quantitative estimate of drug-likeness (QED) is 0.795. The Morgan fingerprint density at radius 1 is 1.19 bits per heavy atom. The minimum atomic E-state index is -0.0318. The fraction of sp³-hybridized carbons (Fsp3) is 0.571. The Morgan fingerprint density at radius 2 is 1.81 bits per heavy atom. The van der Waals surface area contributed by atoms with E-state index >= 15 is 0 Å². The molecule has 0 aliphatic heterocycles. The van der Waals surface area contributed by atoms with Gasteiger partial charge in [-0.05, 0) is 42.9 Å². The van der Waals surface area contributed by atoms with Gasteiger partial charge in [0.25, 0.3) is 0 Å². The third kappa shape index (κ3) is 3.06. The van der Waals surface area contributed by atoms with E-state index < -0.39 is 0 Å². The Hall–Kier alpha value is -0.860. The van der Waals surface area contributed by atoms with E-state index in [4.69, 9.17) is 5.11 Å². The second-order valence-corrected chi connectivity index (χ2v) is 4.79. The van der Waals surface area contributed by atoms with Gasteiger partial charge in [0.2, 0.25) is 0 Å². The lowest BCUT2D eigenvalue weighted by atomic mass is 9.82. The van der Waals surface area contributed by atoms with Crippen LogP contribution in [0.4, 0.5) is 0 Å². The summed E-state index contributed by atoms with van der Waals surface area (Å²) in [6.45, 7) is 4.15. The molecule has 1 saturated carbocycles. The van der Waals surface area contributed by atoms with Crippen molar-refractivity contribution in [1.29, 1.82) is 0 Å². The standard InChI is InChI=1S/C14H21NO/c1-2-11-3-5-12(6-4-11)9-15-10-13-7-14(16)8-13/h3-6,13-16H,2,7-10H2,1H3. The van der Waals surface area contributed by atoms with Crippen LogP contribution in [0.15, 0.2) is 24.3 Å². The van der Waals surface area contributed by atoms with Gasteiger partial charge >= 0.3 is 0 Å². The topological polar surface area (TPSA) is 32.3 Å². The second-order valence-electron chi connectivity index (χ2n) is 4.79. The van der Waals surface area contributed by atoms with Crippen molar-refractivity contribution in [2.45, 2.75) is 38.8 Å². The number of aliphatic hydroxyl groups excluding tert-OH is 1. The van der Waals surface area contributed by atoms with Crippen molar-refractivity contribution in [1.82, 2.24) is 5.32 Å². The van der Waals surface area contributed by atoms with Gasteiger partial charge in [-0.15, -0.1) is 0 Å². The summed E-state index contributed by atoms with van der Waals surface area (Å²) in [7, 11) is 0. The Labute approximate surface area is 97.7 Å². The first-order valence-corrected chi connectivity index (χ1v) is 6.24. The molecule has 0 spiro atoms. The van der Waals surface area contributed by atoms with E-state index in [-0.39, 0.29) is 6.10 Å². The maximum absolute atomic E-state index is 9.16. The summed E-state index contributed by atoms with van der Waals surface area (Å²) in [5.41, 5.74) is 2.74. The highest BCUT2D eigenvalue weighted by molar-refractivity contribution is 5.22. The molecule has 1 aromatic rings. The molecule has 1 aromatic carbocycles. The van der Waals surface area contributed by atoms with Crippen LogP contribution in [-0.4, -0.2) is 17.8 Å². The molecule has 0 aromatic heterocycles. The lowest BCUT2D eigenvalue weighted by molar-refractivity contribution is 0.0430. The van der Waals surface area contributed by atoms with Crippen molar-refractivity contribution in [3.63, 3.8) is 0 Å². The zero-order valence-corrected chi connectivity index (χ0v) is 9.95.